The van der Waals surface area contributed by atoms with Crippen molar-refractivity contribution >= 4 is 5.91 Å². The van der Waals surface area contributed by atoms with Crippen molar-refractivity contribution in [3.8, 4) is 0 Å². The van der Waals surface area contributed by atoms with Gasteiger partial charge in [0.05, 0.1) is 0 Å². The molecule has 29 heavy (non-hydrogen) atoms. The Hall–Kier alpha value is -0.610. The molecule has 0 atom stereocenters. The van der Waals surface area contributed by atoms with Crippen LogP contribution in [0.2, 0.25) is 0 Å². The van der Waals surface area contributed by atoms with Crippen LogP contribution in [0.1, 0.15) is 72.6 Å². The average Bonchev–Trinajstić information content (AvgIpc) is 2.74. The Morgan fingerprint density at radius 2 is 1.10 bits per heavy atom. The number of hydrogen-bond donors (Lipinski definition) is 0. The number of hydrogen-bond acceptors (Lipinski definition) is 3. The Morgan fingerprint density at radius 3 is 1.55 bits per heavy atom. The van der Waals surface area contributed by atoms with Crippen LogP contribution in [0.5, 0.6) is 0 Å². The van der Waals surface area contributed by atoms with E-state index in [-0.39, 0.29) is 5.92 Å². The molecule has 3 aliphatic rings. The van der Waals surface area contributed by atoms with Crippen LogP contribution < -0.4 is 0 Å². The van der Waals surface area contributed by atoms with Gasteiger partial charge in [-0.25, -0.2) is 0 Å². The number of nitrogens with zero attached hydrogens (tertiary/aromatic N) is 3. The van der Waals surface area contributed by atoms with E-state index in [1.807, 2.05) is 0 Å². The summed E-state index contributed by atoms with van der Waals surface area (Å²) < 4.78 is 0. The van der Waals surface area contributed by atoms with Crippen LogP contribution in [-0.2, 0) is 4.79 Å². The van der Waals surface area contributed by atoms with E-state index >= 15 is 0 Å². The van der Waals surface area contributed by atoms with Gasteiger partial charge in [0.15, 0.2) is 0 Å². The van der Waals surface area contributed by atoms with Crippen molar-refractivity contribution in [2.75, 3.05) is 52.4 Å². The summed E-state index contributed by atoms with van der Waals surface area (Å²) in [5.41, 5.74) is 0. The number of carbonyl (C=O) groups is 1. The highest BCUT2D eigenvalue weighted by molar-refractivity contribution is 5.79. The minimum Gasteiger partial charge on any atom is -0.342 e. The molecule has 3 aliphatic heterocycles. The van der Waals surface area contributed by atoms with Crippen LogP contribution in [0.3, 0.4) is 0 Å². The molecule has 0 radical (unpaired) electrons. The highest BCUT2D eigenvalue weighted by Gasteiger charge is 2.31. The lowest BCUT2D eigenvalue weighted by molar-refractivity contribution is -0.138. The zero-order valence-electron chi connectivity index (χ0n) is 19.7. The lowest BCUT2D eigenvalue weighted by Crippen LogP contribution is -2.46. The van der Waals surface area contributed by atoms with E-state index < -0.39 is 0 Å². The summed E-state index contributed by atoms with van der Waals surface area (Å²) in [6, 6.07) is 0. The molecule has 1 amide bonds. The summed E-state index contributed by atoms with van der Waals surface area (Å²) in [5.74, 6) is 4.12. The van der Waals surface area contributed by atoms with Crippen molar-refractivity contribution < 1.29 is 4.79 Å². The molecule has 3 fully saturated rings. The minimum atomic E-state index is 0.289. The van der Waals surface area contributed by atoms with Crippen LogP contribution in [0, 0.1) is 29.6 Å². The van der Waals surface area contributed by atoms with Gasteiger partial charge in [0, 0.05) is 19.0 Å². The van der Waals surface area contributed by atoms with E-state index in [0.717, 1.165) is 62.7 Å². The molecule has 0 spiro atoms. The molecular weight excluding hydrogens is 358 g/mol. The molecule has 0 bridgehead atoms. The molecule has 0 aliphatic carbocycles. The molecule has 3 rings (SSSR count). The van der Waals surface area contributed by atoms with E-state index in [9.17, 15) is 4.79 Å². The first kappa shape index (κ1) is 23.1. The van der Waals surface area contributed by atoms with Crippen molar-refractivity contribution in [3.05, 3.63) is 0 Å². The number of carbonyl (C=O) groups excluding carboxylic acids is 1. The number of rotatable bonds is 7. The normalized spacial score (nSPS) is 24.7. The molecule has 0 N–H and O–H groups in total. The summed E-state index contributed by atoms with van der Waals surface area (Å²) in [6.07, 6.45) is 8.62. The van der Waals surface area contributed by atoms with E-state index in [0.29, 0.717) is 5.91 Å². The third kappa shape index (κ3) is 6.69. The Labute approximate surface area is 180 Å². The van der Waals surface area contributed by atoms with Gasteiger partial charge in [-0.15, -0.1) is 0 Å². The van der Waals surface area contributed by atoms with Gasteiger partial charge >= 0.3 is 0 Å². The first-order valence-corrected chi connectivity index (χ1v) is 12.7. The fraction of sp³-hybridized carbons (Fsp3) is 0.960. The van der Waals surface area contributed by atoms with E-state index in [1.54, 1.807) is 0 Å². The quantitative estimate of drug-likeness (QED) is 0.630. The lowest BCUT2D eigenvalue weighted by atomic mass is 9.86. The fourth-order valence-corrected chi connectivity index (χ4v) is 5.81. The molecule has 0 saturated carbocycles. The van der Waals surface area contributed by atoms with Crippen molar-refractivity contribution in [1.29, 1.82) is 0 Å². The second kappa shape index (κ2) is 11.1. The van der Waals surface area contributed by atoms with Gasteiger partial charge in [0.25, 0.3) is 0 Å². The lowest BCUT2D eigenvalue weighted by Gasteiger charge is -2.38. The van der Waals surface area contributed by atoms with E-state index in [4.69, 9.17) is 0 Å². The van der Waals surface area contributed by atoms with E-state index in [2.05, 4.69) is 42.4 Å². The van der Waals surface area contributed by atoms with Crippen molar-refractivity contribution in [2.24, 2.45) is 29.6 Å². The Kier molecular flexibility index (Phi) is 8.85. The predicted molar refractivity (Wildman–Crippen MR) is 122 cm³/mol. The van der Waals surface area contributed by atoms with Gasteiger partial charge in [0.1, 0.15) is 0 Å². The maximum Gasteiger partial charge on any atom is 0.225 e. The topological polar surface area (TPSA) is 26.8 Å². The molecule has 168 valence electrons. The second-order valence-corrected chi connectivity index (χ2v) is 10.8. The number of amides is 1. The maximum absolute atomic E-state index is 12.9. The molecule has 0 aromatic rings. The molecule has 0 aromatic carbocycles. The van der Waals surface area contributed by atoms with Crippen molar-refractivity contribution in [1.82, 2.24) is 14.7 Å². The van der Waals surface area contributed by atoms with Crippen LogP contribution in [-0.4, -0.2) is 73.0 Å². The van der Waals surface area contributed by atoms with Gasteiger partial charge in [-0.3, -0.25) is 4.79 Å². The first-order chi connectivity index (χ1) is 13.9. The van der Waals surface area contributed by atoms with Gasteiger partial charge < -0.3 is 14.7 Å². The molecule has 4 nitrogen and oxygen atoms in total. The average molecular weight is 406 g/mol. The van der Waals surface area contributed by atoms with E-state index in [1.165, 1.54) is 58.3 Å². The predicted octanol–water partition coefficient (Wildman–Crippen LogP) is 4.35. The highest BCUT2D eigenvalue weighted by atomic mass is 16.2. The largest absolute Gasteiger partial charge is 0.342 e. The van der Waals surface area contributed by atoms with Crippen LogP contribution in [0.15, 0.2) is 0 Å². The number of likely N-dealkylation sites (tertiary alicyclic amines) is 3. The van der Waals surface area contributed by atoms with Gasteiger partial charge in [0.2, 0.25) is 5.91 Å². The summed E-state index contributed by atoms with van der Waals surface area (Å²) in [7, 11) is 0. The Bertz CT molecular complexity index is 482. The third-order valence-electron chi connectivity index (χ3n) is 8.25. The monoisotopic (exact) mass is 405 g/mol. The zero-order valence-corrected chi connectivity index (χ0v) is 19.7. The summed E-state index contributed by atoms with van der Waals surface area (Å²) >= 11 is 0. The fourth-order valence-electron chi connectivity index (χ4n) is 5.81. The maximum atomic E-state index is 12.9. The second-order valence-electron chi connectivity index (χ2n) is 10.8. The smallest absolute Gasteiger partial charge is 0.225 e. The molecule has 3 saturated heterocycles. The highest BCUT2D eigenvalue weighted by Crippen LogP contribution is 2.28. The molecule has 4 heteroatoms. The zero-order chi connectivity index (χ0) is 20.8. The molecule has 3 heterocycles. The summed E-state index contributed by atoms with van der Waals surface area (Å²) in [6.45, 7) is 18.7. The van der Waals surface area contributed by atoms with Crippen LogP contribution in [0.25, 0.3) is 0 Å². The molecular formula is C25H47N3O. The summed E-state index contributed by atoms with van der Waals surface area (Å²) in [4.78, 5) is 20.4. The third-order valence-corrected chi connectivity index (χ3v) is 8.25. The van der Waals surface area contributed by atoms with Crippen molar-refractivity contribution in [2.45, 2.75) is 72.6 Å². The van der Waals surface area contributed by atoms with Gasteiger partial charge in [-0.05, 0) is 108 Å². The van der Waals surface area contributed by atoms with Crippen LogP contribution >= 0.6 is 0 Å². The van der Waals surface area contributed by atoms with Crippen LogP contribution in [0.4, 0.5) is 0 Å². The number of piperidine rings is 3. The molecule has 0 aromatic heterocycles. The Morgan fingerprint density at radius 1 is 0.690 bits per heavy atom. The summed E-state index contributed by atoms with van der Waals surface area (Å²) in [5, 5.41) is 0. The standard InChI is InChI=1S/C25H47N3O/c1-20(2)22-6-14-26(15-7-22)12-5-13-27-16-8-24(9-17-27)25(29)28-18-10-23(11-19-28)21(3)4/h20-24H,5-19H2,1-4H3. The van der Waals surface area contributed by atoms with Gasteiger partial charge in [-0.1, -0.05) is 27.7 Å². The minimum absolute atomic E-state index is 0.289. The van der Waals surface area contributed by atoms with Crippen molar-refractivity contribution in [3.63, 3.8) is 0 Å². The molecule has 0 unspecified atom stereocenters. The first-order valence-electron chi connectivity index (χ1n) is 12.7. The SMILES string of the molecule is CC(C)C1CCN(CCCN2CCC(C(=O)N3CCC(C(C)C)CC3)CC2)CC1. The Balaban J connectivity index is 1.28. The van der Waals surface area contributed by atoms with Gasteiger partial charge in [-0.2, -0.15) is 0 Å².